The molecular formula is C27H31FN2O3. The quantitative estimate of drug-likeness (QED) is 0.159. The molecule has 5 nitrogen and oxygen atoms in total. The highest BCUT2D eigenvalue weighted by Crippen LogP contribution is 2.21. The monoisotopic (exact) mass is 450 g/mol. The number of carbonyl (C=O) groups is 1. The summed E-state index contributed by atoms with van der Waals surface area (Å²) in [5.41, 5.74) is 1.08. The van der Waals surface area contributed by atoms with Crippen LogP contribution in [0.25, 0.3) is 11.4 Å². The van der Waals surface area contributed by atoms with Crippen LogP contribution in [-0.4, -0.2) is 22.5 Å². The normalized spacial score (nSPS) is 10.7. The van der Waals surface area contributed by atoms with Gasteiger partial charge in [-0.25, -0.2) is 19.2 Å². The van der Waals surface area contributed by atoms with E-state index in [2.05, 4.69) is 16.9 Å². The van der Waals surface area contributed by atoms with Crippen molar-refractivity contribution in [1.29, 1.82) is 0 Å². The smallest absolute Gasteiger partial charge is 0.343 e. The van der Waals surface area contributed by atoms with E-state index in [0.717, 1.165) is 12.0 Å². The predicted molar refractivity (Wildman–Crippen MR) is 127 cm³/mol. The Labute approximate surface area is 195 Å². The first-order valence-electron chi connectivity index (χ1n) is 11.7. The van der Waals surface area contributed by atoms with E-state index in [1.807, 2.05) is 0 Å². The summed E-state index contributed by atoms with van der Waals surface area (Å²) < 4.78 is 24.1. The van der Waals surface area contributed by atoms with Crippen molar-refractivity contribution < 1.29 is 18.7 Å². The average Bonchev–Trinajstić information content (AvgIpc) is 2.84. The van der Waals surface area contributed by atoms with Crippen LogP contribution in [0.5, 0.6) is 11.5 Å². The Morgan fingerprint density at radius 3 is 2.03 bits per heavy atom. The molecule has 0 spiro atoms. The van der Waals surface area contributed by atoms with Gasteiger partial charge in [0.15, 0.2) is 11.6 Å². The van der Waals surface area contributed by atoms with Crippen molar-refractivity contribution in [1.82, 2.24) is 9.97 Å². The molecule has 0 saturated carbocycles. The number of carbonyl (C=O) groups excluding carboxylic acids is 1. The first-order chi connectivity index (χ1) is 16.2. The zero-order valence-electron chi connectivity index (χ0n) is 19.1. The third-order valence-corrected chi connectivity index (χ3v) is 5.30. The first kappa shape index (κ1) is 24.4. The number of esters is 1. The Balaban J connectivity index is 1.41. The number of halogens is 1. The summed E-state index contributed by atoms with van der Waals surface area (Å²) in [5, 5.41) is 0. The maximum absolute atomic E-state index is 13.0. The number of rotatable bonds is 13. The van der Waals surface area contributed by atoms with Crippen LogP contribution in [-0.2, 0) is 0 Å². The number of hydrogen-bond acceptors (Lipinski definition) is 5. The van der Waals surface area contributed by atoms with Crippen molar-refractivity contribution in [2.24, 2.45) is 0 Å². The summed E-state index contributed by atoms with van der Waals surface area (Å²) in [7, 11) is 0. The molecule has 0 aliphatic heterocycles. The zero-order valence-corrected chi connectivity index (χ0v) is 19.1. The van der Waals surface area contributed by atoms with E-state index in [4.69, 9.17) is 9.47 Å². The molecule has 6 heteroatoms. The van der Waals surface area contributed by atoms with E-state index < -0.39 is 11.8 Å². The maximum atomic E-state index is 13.0. The molecule has 0 fully saturated rings. The molecule has 0 saturated heterocycles. The number of nitrogens with zero attached hydrogens (tertiary/aromatic N) is 2. The molecule has 0 bridgehead atoms. The molecule has 2 aromatic carbocycles. The molecular weight excluding hydrogens is 419 g/mol. The highest BCUT2D eigenvalue weighted by atomic mass is 19.1. The number of aromatic nitrogens is 2. The summed E-state index contributed by atoms with van der Waals surface area (Å²) in [6, 6.07) is 12.1. The molecule has 3 rings (SSSR count). The molecule has 1 heterocycles. The number of hydrogen-bond donors (Lipinski definition) is 0. The lowest BCUT2D eigenvalue weighted by molar-refractivity contribution is 0.0734. The van der Waals surface area contributed by atoms with Gasteiger partial charge in [0.05, 0.1) is 24.6 Å². The molecule has 0 N–H and O–H groups in total. The van der Waals surface area contributed by atoms with Crippen molar-refractivity contribution in [3.8, 4) is 22.9 Å². The Kier molecular flexibility index (Phi) is 9.83. The van der Waals surface area contributed by atoms with E-state index in [0.29, 0.717) is 23.9 Å². The molecule has 0 atom stereocenters. The highest BCUT2D eigenvalue weighted by molar-refractivity contribution is 5.91. The lowest BCUT2D eigenvalue weighted by Crippen LogP contribution is -2.08. The molecule has 0 radical (unpaired) electrons. The lowest BCUT2D eigenvalue weighted by Gasteiger charge is -2.07. The molecule has 174 valence electrons. The first-order valence-corrected chi connectivity index (χ1v) is 11.7. The van der Waals surface area contributed by atoms with Crippen LogP contribution >= 0.6 is 0 Å². The van der Waals surface area contributed by atoms with Gasteiger partial charge >= 0.3 is 5.97 Å². The van der Waals surface area contributed by atoms with E-state index in [-0.39, 0.29) is 5.56 Å². The number of unbranched alkanes of at least 4 members (excludes halogenated alkanes) is 7. The minimum atomic E-state index is -0.544. The average molecular weight is 451 g/mol. The molecule has 0 amide bonds. The summed E-state index contributed by atoms with van der Waals surface area (Å²) in [6.45, 7) is 2.91. The molecule has 1 aromatic heterocycles. The Bertz CT molecular complexity index is 974. The fourth-order valence-corrected chi connectivity index (χ4v) is 3.39. The van der Waals surface area contributed by atoms with Gasteiger partial charge in [-0.15, -0.1) is 0 Å². The maximum Gasteiger partial charge on any atom is 0.343 e. The van der Waals surface area contributed by atoms with Crippen LogP contribution in [0.4, 0.5) is 4.39 Å². The molecule has 33 heavy (non-hydrogen) atoms. The van der Waals surface area contributed by atoms with Crippen LogP contribution in [0.15, 0.2) is 60.9 Å². The van der Waals surface area contributed by atoms with Crippen molar-refractivity contribution in [2.75, 3.05) is 6.61 Å². The van der Waals surface area contributed by atoms with Gasteiger partial charge in [-0.2, -0.15) is 0 Å². The van der Waals surface area contributed by atoms with E-state index >= 15 is 0 Å². The van der Waals surface area contributed by atoms with Gasteiger partial charge in [0, 0.05) is 5.56 Å². The second-order valence-electron chi connectivity index (χ2n) is 7.99. The van der Waals surface area contributed by atoms with Crippen molar-refractivity contribution in [2.45, 2.75) is 58.3 Å². The fraction of sp³-hybridized carbons (Fsp3) is 0.370. The SMILES string of the molecule is CCCCCCCCCCOc1cnc(-c2ccc(OC(=O)c3ccc(F)cc3)cc2)nc1. The van der Waals surface area contributed by atoms with Crippen molar-refractivity contribution in [3.63, 3.8) is 0 Å². The van der Waals surface area contributed by atoms with E-state index in [1.54, 1.807) is 36.7 Å². The largest absolute Gasteiger partial charge is 0.490 e. The standard InChI is InChI=1S/C27H31FN2O3/c1-2-3-4-5-6-7-8-9-18-32-25-19-29-26(30-20-25)21-12-16-24(17-13-21)33-27(31)22-10-14-23(28)15-11-22/h10-17,19-20H,2-9,18H2,1H3. The summed E-state index contributed by atoms with van der Waals surface area (Å²) in [4.78, 5) is 20.9. The van der Waals surface area contributed by atoms with Crippen molar-refractivity contribution in [3.05, 3.63) is 72.3 Å². The van der Waals surface area contributed by atoms with Crippen LogP contribution in [0.2, 0.25) is 0 Å². The Morgan fingerprint density at radius 1 is 0.788 bits per heavy atom. The van der Waals surface area contributed by atoms with Gasteiger partial charge in [-0.05, 0) is 55.0 Å². The topological polar surface area (TPSA) is 61.3 Å². The molecule has 0 aliphatic rings. The minimum absolute atomic E-state index is 0.284. The van der Waals surface area contributed by atoms with E-state index in [1.165, 1.54) is 69.2 Å². The number of ether oxygens (including phenoxy) is 2. The van der Waals surface area contributed by atoms with Crippen LogP contribution in [0.1, 0.15) is 68.6 Å². The van der Waals surface area contributed by atoms with Crippen LogP contribution in [0, 0.1) is 5.82 Å². The summed E-state index contributed by atoms with van der Waals surface area (Å²) >= 11 is 0. The fourth-order valence-electron chi connectivity index (χ4n) is 3.39. The third-order valence-electron chi connectivity index (χ3n) is 5.30. The van der Waals surface area contributed by atoms with Gasteiger partial charge in [0.1, 0.15) is 11.6 Å². The third kappa shape index (κ3) is 8.29. The van der Waals surface area contributed by atoms with Crippen LogP contribution < -0.4 is 9.47 Å². The summed E-state index contributed by atoms with van der Waals surface area (Å²) in [6.07, 6.45) is 13.5. The lowest BCUT2D eigenvalue weighted by atomic mass is 10.1. The highest BCUT2D eigenvalue weighted by Gasteiger charge is 2.09. The van der Waals surface area contributed by atoms with Gasteiger partial charge in [0.2, 0.25) is 0 Å². The zero-order chi connectivity index (χ0) is 23.3. The van der Waals surface area contributed by atoms with Gasteiger partial charge < -0.3 is 9.47 Å². The van der Waals surface area contributed by atoms with Crippen molar-refractivity contribution >= 4 is 5.97 Å². The number of benzene rings is 2. The second kappa shape index (κ2) is 13.3. The molecule has 0 unspecified atom stereocenters. The second-order valence-corrected chi connectivity index (χ2v) is 7.99. The Hall–Kier alpha value is -3.28. The minimum Gasteiger partial charge on any atom is -0.490 e. The molecule has 0 aliphatic carbocycles. The van der Waals surface area contributed by atoms with Crippen LogP contribution in [0.3, 0.4) is 0 Å². The van der Waals surface area contributed by atoms with Gasteiger partial charge in [-0.3, -0.25) is 0 Å². The van der Waals surface area contributed by atoms with E-state index in [9.17, 15) is 9.18 Å². The Morgan fingerprint density at radius 2 is 1.39 bits per heavy atom. The molecule has 3 aromatic rings. The van der Waals surface area contributed by atoms with Gasteiger partial charge in [0.25, 0.3) is 0 Å². The predicted octanol–water partition coefficient (Wildman–Crippen LogP) is 7.02. The van der Waals surface area contributed by atoms with Gasteiger partial charge in [-0.1, -0.05) is 51.9 Å². The summed E-state index contributed by atoms with van der Waals surface area (Å²) in [5.74, 6) is 0.660.